The Bertz CT molecular complexity index is 2020. The van der Waals surface area contributed by atoms with E-state index < -0.39 is 0 Å². The van der Waals surface area contributed by atoms with Crippen LogP contribution >= 0.6 is 0 Å². The van der Waals surface area contributed by atoms with E-state index in [9.17, 15) is 0 Å². The molecular formula is C43H39N3. The van der Waals surface area contributed by atoms with Crippen molar-refractivity contribution < 1.29 is 0 Å². The van der Waals surface area contributed by atoms with E-state index in [1.54, 1.807) is 17.5 Å². The first-order valence-corrected chi connectivity index (χ1v) is 17.0. The summed E-state index contributed by atoms with van der Waals surface area (Å²) >= 11 is 0. The highest BCUT2D eigenvalue weighted by Crippen LogP contribution is 2.60. The Hall–Kier alpha value is -4.76. The molecule has 0 saturated heterocycles. The summed E-state index contributed by atoms with van der Waals surface area (Å²) in [7, 11) is 2.09. The van der Waals surface area contributed by atoms with E-state index in [4.69, 9.17) is 4.99 Å². The van der Waals surface area contributed by atoms with Crippen molar-refractivity contribution in [2.45, 2.75) is 50.6 Å². The van der Waals surface area contributed by atoms with Gasteiger partial charge in [0.1, 0.15) is 12.5 Å². The van der Waals surface area contributed by atoms with Crippen molar-refractivity contribution in [2.75, 3.05) is 7.05 Å². The first-order valence-electron chi connectivity index (χ1n) is 17.0. The van der Waals surface area contributed by atoms with Crippen LogP contribution in [-0.2, 0) is 6.42 Å². The fourth-order valence-corrected chi connectivity index (χ4v) is 9.37. The zero-order valence-electron chi connectivity index (χ0n) is 26.6. The second-order valence-electron chi connectivity index (χ2n) is 13.7. The Morgan fingerprint density at radius 2 is 1.61 bits per heavy atom. The average molecular weight is 598 g/mol. The SMILES string of the molecule is CC/C=C1/c2ccccc2-c2cccc(Cc3cc(C4CCC5c6ccccc6C6=CC=C[C@@H]4C65)cc([C@H]4N=CN=CN4C)c3)c21. The molecule has 3 heteroatoms. The van der Waals surface area contributed by atoms with Crippen LogP contribution in [0.3, 0.4) is 0 Å². The largest absolute Gasteiger partial charge is 0.340 e. The average Bonchev–Trinajstić information content (AvgIpc) is 3.60. The van der Waals surface area contributed by atoms with Gasteiger partial charge in [-0.3, -0.25) is 0 Å². The van der Waals surface area contributed by atoms with Crippen molar-refractivity contribution in [1.82, 2.24) is 4.90 Å². The second-order valence-corrected chi connectivity index (χ2v) is 13.7. The first kappa shape index (κ1) is 27.5. The third-order valence-electron chi connectivity index (χ3n) is 11.1. The summed E-state index contributed by atoms with van der Waals surface area (Å²) in [6, 6.07) is 32.4. The smallest absolute Gasteiger partial charge is 0.149 e. The van der Waals surface area contributed by atoms with Gasteiger partial charge in [-0.2, -0.15) is 0 Å². The number of benzene rings is 4. The summed E-state index contributed by atoms with van der Waals surface area (Å²) < 4.78 is 0. The summed E-state index contributed by atoms with van der Waals surface area (Å²) in [5, 5.41) is 0. The maximum Gasteiger partial charge on any atom is 0.149 e. The topological polar surface area (TPSA) is 28.0 Å². The highest BCUT2D eigenvalue weighted by molar-refractivity contribution is 6.02. The Morgan fingerprint density at radius 3 is 2.48 bits per heavy atom. The quantitative estimate of drug-likeness (QED) is 0.198. The van der Waals surface area contributed by atoms with Crippen LogP contribution in [0.15, 0.2) is 119 Å². The highest BCUT2D eigenvalue weighted by atomic mass is 15.3. The van der Waals surface area contributed by atoms with E-state index in [-0.39, 0.29) is 6.17 Å². The number of hydrogen-bond acceptors (Lipinski definition) is 3. The molecule has 0 N–H and O–H groups in total. The lowest BCUT2D eigenvalue weighted by Gasteiger charge is -2.41. The summed E-state index contributed by atoms with van der Waals surface area (Å²) in [4.78, 5) is 11.3. The number of nitrogens with zero attached hydrogens (tertiary/aromatic N) is 3. The lowest BCUT2D eigenvalue weighted by atomic mass is 9.62. The number of fused-ring (bicyclic) bond motifs is 6. The molecule has 4 aromatic carbocycles. The van der Waals surface area contributed by atoms with Gasteiger partial charge in [0.15, 0.2) is 0 Å². The third kappa shape index (κ3) is 4.25. The molecule has 5 aliphatic rings. The van der Waals surface area contributed by atoms with Crippen LogP contribution in [0.1, 0.15) is 88.7 Å². The number of rotatable bonds is 5. The maximum atomic E-state index is 4.85. The predicted molar refractivity (Wildman–Crippen MR) is 191 cm³/mol. The molecule has 0 spiro atoms. The standard InChI is InChI=1S/C43H39N3/c1-3-10-36-32-12-4-5-13-33(32)38-16-8-11-28(41(36)38)21-27-22-29(24-30(23-27)43-45-25-44-26-46(43)2)31-19-20-40-35-15-7-6-14-34(35)39-18-9-17-37(31)42(39)40/h4-18,22-26,31,37,40,42-43H,3,19-21H2,1-2H3/b36-10-/t31?,37-,40?,42?,43-/m0/s1. The fraction of sp³-hybridized carbons (Fsp3) is 0.256. The number of allylic oxidation sites excluding steroid dienone is 5. The van der Waals surface area contributed by atoms with E-state index in [1.165, 1.54) is 68.5 Å². The molecule has 46 heavy (non-hydrogen) atoms. The second kappa shape index (κ2) is 10.9. The molecule has 3 nitrogen and oxygen atoms in total. The molecule has 5 atom stereocenters. The highest BCUT2D eigenvalue weighted by Gasteiger charge is 2.47. The van der Waals surface area contributed by atoms with Gasteiger partial charge >= 0.3 is 0 Å². The number of aliphatic imine (C=N–C) groups is 2. The molecule has 4 aliphatic carbocycles. The van der Waals surface area contributed by atoms with Gasteiger partial charge in [0.2, 0.25) is 0 Å². The van der Waals surface area contributed by atoms with Gasteiger partial charge in [-0.15, -0.1) is 0 Å². The minimum absolute atomic E-state index is 0.0677. The van der Waals surface area contributed by atoms with Gasteiger partial charge in [-0.1, -0.05) is 116 Å². The van der Waals surface area contributed by atoms with Gasteiger partial charge in [0.25, 0.3) is 0 Å². The maximum absolute atomic E-state index is 4.85. The van der Waals surface area contributed by atoms with E-state index in [0.29, 0.717) is 23.7 Å². The Balaban J connectivity index is 1.14. The summed E-state index contributed by atoms with van der Waals surface area (Å²) in [5.41, 5.74) is 17.0. The van der Waals surface area contributed by atoms with Gasteiger partial charge in [-0.05, 0) is 116 Å². The molecule has 3 unspecified atom stereocenters. The molecule has 1 saturated carbocycles. The van der Waals surface area contributed by atoms with Gasteiger partial charge < -0.3 is 4.90 Å². The van der Waals surface area contributed by atoms with Crippen molar-refractivity contribution in [2.24, 2.45) is 21.8 Å². The van der Waals surface area contributed by atoms with Crippen molar-refractivity contribution in [3.05, 3.63) is 154 Å². The summed E-state index contributed by atoms with van der Waals surface area (Å²) in [6.45, 7) is 2.24. The fourth-order valence-electron chi connectivity index (χ4n) is 9.37. The molecule has 1 fully saturated rings. The molecule has 9 rings (SSSR count). The van der Waals surface area contributed by atoms with Crippen molar-refractivity contribution >= 4 is 23.8 Å². The van der Waals surface area contributed by atoms with Crippen LogP contribution in [0.25, 0.3) is 22.3 Å². The molecule has 4 aromatic rings. The molecule has 0 aromatic heterocycles. The zero-order chi connectivity index (χ0) is 30.8. The monoisotopic (exact) mass is 597 g/mol. The van der Waals surface area contributed by atoms with Crippen LogP contribution in [0, 0.1) is 11.8 Å². The minimum Gasteiger partial charge on any atom is -0.340 e. The van der Waals surface area contributed by atoms with E-state index in [0.717, 1.165) is 12.8 Å². The van der Waals surface area contributed by atoms with Crippen molar-refractivity contribution in [1.29, 1.82) is 0 Å². The summed E-state index contributed by atoms with van der Waals surface area (Å²) in [6.07, 6.45) is 17.5. The normalized spacial score (nSPS) is 25.7. The third-order valence-corrected chi connectivity index (χ3v) is 11.1. The molecule has 226 valence electrons. The van der Waals surface area contributed by atoms with Crippen molar-refractivity contribution in [3.63, 3.8) is 0 Å². The van der Waals surface area contributed by atoms with Gasteiger partial charge in [0.05, 0.1) is 6.34 Å². The first-order chi connectivity index (χ1) is 22.7. The number of hydrogen-bond donors (Lipinski definition) is 0. The Labute approximate surface area is 272 Å². The van der Waals surface area contributed by atoms with E-state index in [1.807, 2.05) is 6.34 Å². The molecule has 1 aliphatic heterocycles. The van der Waals surface area contributed by atoms with Crippen LogP contribution < -0.4 is 0 Å². The van der Waals surface area contributed by atoms with Gasteiger partial charge in [-0.25, -0.2) is 9.98 Å². The van der Waals surface area contributed by atoms with Crippen molar-refractivity contribution in [3.8, 4) is 11.1 Å². The Kier molecular flexibility index (Phi) is 6.55. The molecule has 0 bridgehead atoms. The van der Waals surface area contributed by atoms with E-state index >= 15 is 0 Å². The Morgan fingerprint density at radius 1 is 0.826 bits per heavy atom. The van der Waals surface area contributed by atoms with Crippen LogP contribution in [-0.4, -0.2) is 24.6 Å². The van der Waals surface area contributed by atoms with Gasteiger partial charge in [0, 0.05) is 7.05 Å². The molecule has 1 heterocycles. The molecule has 0 amide bonds. The van der Waals surface area contributed by atoms with Crippen LogP contribution in [0.4, 0.5) is 0 Å². The van der Waals surface area contributed by atoms with E-state index in [2.05, 4.69) is 133 Å². The lowest BCUT2D eigenvalue weighted by Crippen LogP contribution is -2.30. The minimum atomic E-state index is -0.0677. The van der Waals surface area contributed by atoms with Crippen LogP contribution in [0.2, 0.25) is 0 Å². The summed E-state index contributed by atoms with van der Waals surface area (Å²) in [5.74, 6) is 2.16. The molecule has 0 radical (unpaired) electrons. The zero-order valence-corrected chi connectivity index (χ0v) is 26.6. The predicted octanol–water partition coefficient (Wildman–Crippen LogP) is 9.96. The lowest BCUT2D eigenvalue weighted by molar-refractivity contribution is 0.270. The molecular weight excluding hydrogens is 558 g/mol. The van der Waals surface area contributed by atoms with Crippen LogP contribution in [0.5, 0.6) is 0 Å².